The number of nitrogens with zero attached hydrogens (tertiary/aromatic N) is 2. The van der Waals surface area contributed by atoms with Gasteiger partial charge in [-0.05, 0) is 37.2 Å². The molecule has 0 aliphatic rings. The first-order valence-corrected chi connectivity index (χ1v) is 9.64. The van der Waals surface area contributed by atoms with Crippen molar-refractivity contribution in [3.05, 3.63) is 63.7 Å². The van der Waals surface area contributed by atoms with Gasteiger partial charge in [0.05, 0.1) is 24.4 Å². The fraction of sp³-hybridized carbons (Fsp3) is 0.300. The minimum absolute atomic E-state index is 0.129. The highest BCUT2D eigenvalue weighted by molar-refractivity contribution is 7.80. The lowest BCUT2D eigenvalue weighted by molar-refractivity contribution is -0.386. The van der Waals surface area contributed by atoms with Gasteiger partial charge < -0.3 is 14.8 Å². The van der Waals surface area contributed by atoms with Crippen molar-refractivity contribution >= 4 is 29.2 Å². The summed E-state index contributed by atoms with van der Waals surface area (Å²) in [7, 11) is 0. The van der Waals surface area contributed by atoms with E-state index in [-0.39, 0.29) is 11.4 Å². The average molecular weight is 417 g/mol. The van der Waals surface area contributed by atoms with Gasteiger partial charge in [-0.3, -0.25) is 15.5 Å². The topological polar surface area (TPSA) is 98.0 Å². The number of hydrazone groups is 1. The number of ether oxygens (including phenoxy) is 2. The zero-order chi connectivity index (χ0) is 21.1. The molecule has 0 aliphatic carbocycles. The predicted molar refractivity (Wildman–Crippen MR) is 117 cm³/mol. The largest absolute Gasteiger partial charge is 0.490 e. The van der Waals surface area contributed by atoms with Gasteiger partial charge in [-0.2, -0.15) is 5.10 Å². The molecule has 2 rings (SSSR count). The maximum absolute atomic E-state index is 11.5. The Morgan fingerprint density at radius 2 is 2.00 bits per heavy atom. The molecule has 154 valence electrons. The number of benzene rings is 2. The molecule has 0 heterocycles. The van der Waals surface area contributed by atoms with E-state index in [2.05, 4.69) is 15.8 Å². The molecule has 8 nitrogen and oxygen atoms in total. The fourth-order valence-electron chi connectivity index (χ4n) is 2.41. The fourth-order valence-corrected chi connectivity index (χ4v) is 2.54. The zero-order valence-corrected chi connectivity index (χ0v) is 17.2. The van der Waals surface area contributed by atoms with Gasteiger partial charge in [-0.15, -0.1) is 0 Å². The van der Waals surface area contributed by atoms with Crippen LogP contribution in [0.4, 0.5) is 5.69 Å². The molecule has 2 N–H and O–H groups in total. The van der Waals surface area contributed by atoms with Gasteiger partial charge in [0, 0.05) is 18.2 Å². The van der Waals surface area contributed by atoms with Gasteiger partial charge in [0.1, 0.15) is 0 Å². The summed E-state index contributed by atoms with van der Waals surface area (Å²) in [5.41, 5.74) is 4.10. The third kappa shape index (κ3) is 7.04. The van der Waals surface area contributed by atoms with Crippen molar-refractivity contribution in [1.82, 2.24) is 10.7 Å². The van der Waals surface area contributed by atoms with E-state index in [0.717, 1.165) is 12.0 Å². The Morgan fingerprint density at radius 1 is 1.24 bits per heavy atom. The van der Waals surface area contributed by atoms with Crippen LogP contribution in [0.1, 0.15) is 31.4 Å². The molecule has 0 spiro atoms. The molecule has 29 heavy (non-hydrogen) atoms. The first-order valence-electron chi connectivity index (χ1n) is 9.24. The van der Waals surface area contributed by atoms with E-state index in [1.165, 1.54) is 12.3 Å². The van der Waals surface area contributed by atoms with Crippen LogP contribution in [-0.2, 0) is 6.54 Å². The second-order valence-corrected chi connectivity index (χ2v) is 6.35. The van der Waals surface area contributed by atoms with Crippen molar-refractivity contribution in [2.75, 3.05) is 13.2 Å². The third-order valence-corrected chi connectivity index (χ3v) is 3.92. The van der Waals surface area contributed by atoms with Crippen LogP contribution in [0.3, 0.4) is 0 Å². The van der Waals surface area contributed by atoms with Crippen LogP contribution in [0.25, 0.3) is 0 Å². The summed E-state index contributed by atoms with van der Waals surface area (Å²) in [5, 5.41) is 18.9. The van der Waals surface area contributed by atoms with Crippen LogP contribution < -0.4 is 20.2 Å². The Morgan fingerprint density at radius 3 is 2.66 bits per heavy atom. The number of nitro benzene ring substituents is 1. The van der Waals surface area contributed by atoms with Crippen LogP contribution in [0.2, 0.25) is 0 Å². The number of hydrogen-bond donors (Lipinski definition) is 2. The molecule has 0 aliphatic heterocycles. The van der Waals surface area contributed by atoms with E-state index >= 15 is 0 Å². The molecule has 0 aromatic heterocycles. The molecule has 0 saturated heterocycles. The van der Waals surface area contributed by atoms with Crippen molar-refractivity contribution in [2.45, 2.75) is 26.8 Å². The summed E-state index contributed by atoms with van der Waals surface area (Å²) in [6.45, 7) is 5.00. The van der Waals surface area contributed by atoms with Gasteiger partial charge in [-0.1, -0.05) is 37.3 Å². The summed E-state index contributed by atoms with van der Waals surface area (Å²) in [6, 6.07) is 12.8. The van der Waals surface area contributed by atoms with E-state index in [9.17, 15) is 10.1 Å². The maximum atomic E-state index is 11.5. The van der Waals surface area contributed by atoms with E-state index in [0.29, 0.717) is 36.2 Å². The van der Waals surface area contributed by atoms with Crippen LogP contribution >= 0.6 is 12.2 Å². The Hall–Kier alpha value is -3.20. The monoisotopic (exact) mass is 416 g/mol. The van der Waals surface area contributed by atoms with Crippen molar-refractivity contribution in [3.63, 3.8) is 0 Å². The minimum atomic E-state index is -0.496. The number of hydrogen-bond acceptors (Lipinski definition) is 6. The summed E-state index contributed by atoms with van der Waals surface area (Å²) in [4.78, 5) is 11.0. The van der Waals surface area contributed by atoms with E-state index < -0.39 is 4.92 Å². The number of rotatable bonds is 10. The van der Waals surface area contributed by atoms with Crippen LogP contribution in [-0.4, -0.2) is 29.5 Å². The number of nitro groups is 1. The lowest BCUT2D eigenvalue weighted by Crippen LogP contribution is -2.31. The van der Waals surface area contributed by atoms with Gasteiger partial charge in [0.25, 0.3) is 0 Å². The van der Waals surface area contributed by atoms with E-state index in [1.54, 1.807) is 13.0 Å². The molecular weight excluding hydrogens is 392 g/mol. The molecule has 2 aromatic carbocycles. The molecular formula is C20H24N4O4S. The minimum Gasteiger partial charge on any atom is -0.490 e. The van der Waals surface area contributed by atoms with Gasteiger partial charge >= 0.3 is 5.69 Å². The number of nitrogens with one attached hydrogen (secondary N) is 2. The highest BCUT2D eigenvalue weighted by Crippen LogP contribution is 2.38. The molecule has 9 heteroatoms. The summed E-state index contributed by atoms with van der Waals surface area (Å²) >= 11 is 5.18. The lowest BCUT2D eigenvalue weighted by Gasteiger charge is -2.12. The smallest absolute Gasteiger partial charge is 0.315 e. The Balaban J connectivity index is 2.08. The SMILES string of the molecule is CCCOc1c(OCC)cc(/C=N\NC(=S)NCc2ccccc2)cc1[N+](=O)[O-]. The molecule has 0 saturated carbocycles. The molecule has 0 amide bonds. The first kappa shape index (κ1) is 22.1. The van der Waals surface area contributed by atoms with Gasteiger partial charge in [-0.25, -0.2) is 0 Å². The normalized spacial score (nSPS) is 10.6. The quantitative estimate of drug-likeness (QED) is 0.263. The highest BCUT2D eigenvalue weighted by Gasteiger charge is 2.22. The molecule has 0 atom stereocenters. The summed E-state index contributed by atoms with van der Waals surface area (Å²) in [5.74, 6) is 0.435. The molecule has 0 fully saturated rings. The predicted octanol–water partition coefficient (Wildman–Crippen LogP) is 3.78. The second-order valence-electron chi connectivity index (χ2n) is 5.94. The Kier molecular flexibility index (Phi) is 8.84. The van der Waals surface area contributed by atoms with E-state index in [1.807, 2.05) is 37.3 Å². The molecule has 0 unspecified atom stereocenters. The van der Waals surface area contributed by atoms with Gasteiger partial charge in [0.15, 0.2) is 10.9 Å². The maximum Gasteiger partial charge on any atom is 0.315 e. The van der Waals surface area contributed by atoms with Crippen molar-refractivity contribution in [3.8, 4) is 11.5 Å². The van der Waals surface area contributed by atoms with Crippen LogP contribution in [0.5, 0.6) is 11.5 Å². The van der Waals surface area contributed by atoms with Crippen molar-refractivity contribution in [1.29, 1.82) is 0 Å². The van der Waals surface area contributed by atoms with Crippen molar-refractivity contribution < 1.29 is 14.4 Å². The van der Waals surface area contributed by atoms with Crippen molar-refractivity contribution in [2.24, 2.45) is 5.10 Å². The first-order chi connectivity index (χ1) is 14.0. The zero-order valence-electron chi connectivity index (χ0n) is 16.4. The second kappa shape index (κ2) is 11.6. The van der Waals surface area contributed by atoms with Gasteiger partial charge in [0.2, 0.25) is 5.75 Å². The lowest BCUT2D eigenvalue weighted by atomic mass is 10.2. The summed E-state index contributed by atoms with van der Waals surface area (Å²) in [6.07, 6.45) is 2.17. The Labute approximate surface area is 175 Å². The molecule has 0 bridgehead atoms. The van der Waals surface area contributed by atoms with E-state index in [4.69, 9.17) is 21.7 Å². The summed E-state index contributed by atoms with van der Waals surface area (Å²) < 4.78 is 11.1. The molecule has 2 aromatic rings. The highest BCUT2D eigenvalue weighted by atomic mass is 32.1. The van der Waals surface area contributed by atoms with Crippen LogP contribution in [0.15, 0.2) is 47.6 Å². The van der Waals surface area contributed by atoms with Crippen LogP contribution in [0, 0.1) is 10.1 Å². The third-order valence-electron chi connectivity index (χ3n) is 3.68. The molecule has 0 radical (unpaired) electrons. The standard InChI is InChI=1S/C20H24N4O4S/c1-3-10-28-19-17(24(25)26)11-16(12-18(19)27-4-2)14-22-23-20(29)21-13-15-8-6-5-7-9-15/h5-9,11-12,14H,3-4,10,13H2,1-2H3,(H2,21,23,29)/b22-14-. The number of thiocarbonyl (C=S) groups is 1. The Bertz CT molecular complexity index is 859. The average Bonchev–Trinajstić information content (AvgIpc) is 2.72.